The molecule has 6 heteroatoms. The van der Waals surface area contributed by atoms with Gasteiger partial charge in [-0.2, -0.15) is 0 Å². The van der Waals surface area contributed by atoms with Gasteiger partial charge in [-0.1, -0.05) is 24.8 Å². The molecule has 0 spiro atoms. The van der Waals surface area contributed by atoms with E-state index in [0.29, 0.717) is 24.7 Å². The molecule has 0 radical (unpaired) electrons. The molecule has 158 valence electrons. The Balaban J connectivity index is 1.44. The lowest BCUT2D eigenvalue weighted by Crippen LogP contribution is -2.26. The van der Waals surface area contributed by atoms with Crippen molar-refractivity contribution in [3.05, 3.63) is 90.6 Å². The van der Waals surface area contributed by atoms with E-state index >= 15 is 0 Å². The zero-order valence-corrected chi connectivity index (χ0v) is 17.2. The van der Waals surface area contributed by atoms with E-state index in [1.54, 1.807) is 0 Å². The zero-order chi connectivity index (χ0) is 21.6. The van der Waals surface area contributed by atoms with Crippen LogP contribution in [0.4, 0.5) is 0 Å². The number of carbonyl (C=O) groups is 1. The first kappa shape index (κ1) is 20.6. The minimum Gasteiger partial charge on any atom is -0.457 e. The molecule has 6 nitrogen and oxygen atoms in total. The Bertz CT molecular complexity index is 1050. The predicted molar refractivity (Wildman–Crippen MR) is 119 cm³/mol. The first-order chi connectivity index (χ1) is 15.2. The average Bonchev–Trinajstić information content (AvgIpc) is 3.31. The number of nitrogens with zero attached hydrogens (tertiary/aromatic N) is 2. The monoisotopic (exact) mass is 415 g/mol. The summed E-state index contributed by atoms with van der Waals surface area (Å²) in [5.41, 5.74) is 7.86. The Hall–Kier alpha value is -3.64. The molecule has 1 saturated heterocycles. The molecule has 0 saturated carbocycles. The van der Waals surface area contributed by atoms with Gasteiger partial charge in [0.15, 0.2) is 0 Å². The van der Waals surface area contributed by atoms with Gasteiger partial charge in [0.1, 0.15) is 17.2 Å². The van der Waals surface area contributed by atoms with Gasteiger partial charge in [0.2, 0.25) is 11.8 Å². The molecule has 1 aliphatic heterocycles. The van der Waals surface area contributed by atoms with Gasteiger partial charge in [-0.15, -0.1) is 0 Å². The van der Waals surface area contributed by atoms with Crippen LogP contribution in [-0.4, -0.2) is 28.9 Å². The Morgan fingerprint density at radius 2 is 1.77 bits per heavy atom. The molecular weight excluding hydrogens is 390 g/mol. The van der Waals surface area contributed by atoms with Crippen LogP contribution >= 0.6 is 0 Å². The van der Waals surface area contributed by atoms with Crippen LogP contribution < -0.4 is 15.2 Å². The normalized spacial score (nSPS) is 15.5. The standard InChI is InChI=1S/C25H25N3O3/c1-2-24(29)28-13-12-18(17-28)20-14-19(15-26)25(27-16-20)31-23-10-8-22(9-11-23)30-21-6-4-3-5-7-21/h2-11,14,16,18H,1,12-13,15,17,26H2. The number of ether oxygens (including phenoxy) is 2. The number of aromatic nitrogens is 1. The quantitative estimate of drug-likeness (QED) is 0.570. The summed E-state index contributed by atoms with van der Waals surface area (Å²) < 4.78 is 11.8. The highest BCUT2D eigenvalue weighted by Crippen LogP contribution is 2.32. The number of rotatable bonds is 7. The van der Waals surface area contributed by atoms with Gasteiger partial charge < -0.3 is 20.1 Å². The minimum absolute atomic E-state index is 0.0332. The van der Waals surface area contributed by atoms with Crippen LogP contribution in [0.15, 0.2) is 79.5 Å². The molecule has 1 unspecified atom stereocenters. The van der Waals surface area contributed by atoms with Gasteiger partial charge in [-0.3, -0.25) is 4.79 Å². The van der Waals surface area contributed by atoms with Gasteiger partial charge in [0.25, 0.3) is 0 Å². The Labute approximate surface area is 181 Å². The number of benzene rings is 2. The maximum atomic E-state index is 11.8. The summed E-state index contributed by atoms with van der Waals surface area (Å²) in [4.78, 5) is 18.2. The molecule has 1 fully saturated rings. The van der Waals surface area contributed by atoms with E-state index in [9.17, 15) is 4.79 Å². The summed E-state index contributed by atoms with van der Waals surface area (Å²) in [6, 6.07) is 19.0. The highest BCUT2D eigenvalue weighted by molar-refractivity contribution is 5.87. The van der Waals surface area contributed by atoms with Crippen molar-refractivity contribution in [2.75, 3.05) is 13.1 Å². The molecule has 2 aromatic carbocycles. The van der Waals surface area contributed by atoms with Crippen molar-refractivity contribution in [3.63, 3.8) is 0 Å². The second-order valence-corrected chi connectivity index (χ2v) is 7.40. The Kier molecular flexibility index (Phi) is 6.29. The summed E-state index contributed by atoms with van der Waals surface area (Å²) in [6.45, 7) is 5.27. The van der Waals surface area contributed by atoms with E-state index < -0.39 is 0 Å². The maximum Gasteiger partial charge on any atom is 0.245 e. The first-order valence-corrected chi connectivity index (χ1v) is 10.3. The number of hydrogen-bond donors (Lipinski definition) is 1. The van der Waals surface area contributed by atoms with Crippen LogP contribution in [0.1, 0.15) is 23.5 Å². The third-order valence-electron chi connectivity index (χ3n) is 5.33. The van der Waals surface area contributed by atoms with E-state index in [1.807, 2.05) is 71.8 Å². The smallest absolute Gasteiger partial charge is 0.245 e. The van der Waals surface area contributed by atoms with Crippen molar-refractivity contribution in [3.8, 4) is 23.1 Å². The molecule has 31 heavy (non-hydrogen) atoms. The second-order valence-electron chi connectivity index (χ2n) is 7.40. The summed E-state index contributed by atoms with van der Waals surface area (Å²) in [5.74, 6) is 2.85. The molecule has 3 aromatic rings. The molecule has 1 aliphatic rings. The third-order valence-corrected chi connectivity index (χ3v) is 5.33. The molecule has 1 aromatic heterocycles. The molecule has 0 aliphatic carbocycles. The highest BCUT2D eigenvalue weighted by atomic mass is 16.5. The number of carbonyl (C=O) groups excluding carboxylic acids is 1. The van der Waals surface area contributed by atoms with Crippen molar-refractivity contribution >= 4 is 5.91 Å². The van der Waals surface area contributed by atoms with Crippen LogP contribution in [0.5, 0.6) is 23.1 Å². The summed E-state index contributed by atoms with van der Waals surface area (Å²) in [6.07, 6.45) is 4.07. The molecule has 0 bridgehead atoms. The highest BCUT2D eigenvalue weighted by Gasteiger charge is 2.26. The summed E-state index contributed by atoms with van der Waals surface area (Å²) in [5, 5.41) is 0. The van der Waals surface area contributed by atoms with Crippen molar-refractivity contribution in [2.24, 2.45) is 5.73 Å². The van der Waals surface area contributed by atoms with Crippen molar-refractivity contribution < 1.29 is 14.3 Å². The van der Waals surface area contributed by atoms with E-state index in [-0.39, 0.29) is 11.8 Å². The number of hydrogen-bond acceptors (Lipinski definition) is 5. The average molecular weight is 415 g/mol. The van der Waals surface area contributed by atoms with Crippen LogP contribution in [0, 0.1) is 0 Å². The number of amides is 1. The van der Waals surface area contributed by atoms with Gasteiger partial charge in [-0.05, 0) is 60.5 Å². The first-order valence-electron chi connectivity index (χ1n) is 10.3. The topological polar surface area (TPSA) is 77.7 Å². The van der Waals surface area contributed by atoms with E-state index in [1.165, 1.54) is 6.08 Å². The SMILES string of the molecule is C=CC(=O)N1CCC(c2cnc(Oc3ccc(Oc4ccccc4)cc3)c(CN)c2)C1. The van der Waals surface area contributed by atoms with E-state index in [0.717, 1.165) is 35.6 Å². The maximum absolute atomic E-state index is 11.8. The second kappa shape index (κ2) is 9.45. The van der Waals surface area contributed by atoms with Crippen molar-refractivity contribution in [1.82, 2.24) is 9.88 Å². The summed E-state index contributed by atoms with van der Waals surface area (Å²) >= 11 is 0. The third kappa shape index (κ3) is 4.92. The number of para-hydroxylation sites is 1. The van der Waals surface area contributed by atoms with Gasteiger partial charge in [0, 0.05) is 37.3 Å². The van der Waals surface area contributed by atoms with Gasteiger partial charge in [-0.25, -0.2) is 4.98 Å². The fraction of sp³-hybridized carbons (Fsp3) is 0.200. The largest absolute Gasteiger partial charge is 0.457 e. The minimum atomic E-state index is -0.0332. The fourth-order valence-corrected chi connectivity index (χ4v) is 3.65. The Morgan fingerprint density at radius 3 is 2.45 bits per heavy atom. The molecular formula is C25H25N3O3. The van der Waals surface area contributed by atoms with Gasteiger partial charge in [0.05, 0.1) is 0 Å². The lowest BCUT2D eigenvalue weighted by atomic mass is 9.99. The number of likely N-dealkylation sites (tertiary alicyclic amines) is 1. The van der Waals surface area contributed by atoms with Crippen LogP contribution in [-0.2, 0) is 11.3 Å². The number of pyridine rings is 1. The van der Waals surface area contributed by atoms with Crippen molar-refractivity contribution in [1.29, 1.82) is 0 Å². The molecule has 1 atom stereocenters. The molecule has 2 heterocycles. The lowest BCUT2D eigenvalue weighted by Gasteiger charge is -2.16. The number of nitrogens with two attached hydrogens (primary N) is 1. The van der Waals surface area contributed by atoms with Gasteiger partial charge >= 0.3 is 0 Å². The van der Waals surface area contributed by atoms with E-state index in [4.69, 9.17) is 15.2 Å². The van der Waals surface area contributed by atoms with Crippen LogP contribution in [0.25, 0.3) is 0 Å². The lowest BCUT2D eigenvalue weighted by molar-refractivity contribution is -0.125. The molecule has 4 rings (SSSR count). The van der Waals surface area contributed by atoms with Crippen LogP contribution in [0.2, 0.25) is 0 Å². The predicted octanol–water partition coefficient (Wildman–Crippen LogP) is 4.63. The Morgan fingerprint density at radius 1 is 1.10 bits per heavy atom. The molecule has 1 amide bonds. The zero-order valence-electron chi connectivity index (χ0n) is 17.2. The summed E-state index contributed by atoms with van der Waals surface area (Å²) in [7, 11) is 0. The van der Waals surface area contributed by atoms with E-state index in [2.05, 4.69) is 11.6 Å². The molecule has 2 N–H and O–H groups in total. The van der Waals surface area contributed by atoms with Crippen molar-refractivity contribution in [2.45, 2.75) is 18.9 Å². The van der Waals surface area contributed by atoms with Crippen LogP contribution in [0.3, 0.4) is 0 Å². The fourth-order valence-electron chi connectivity index (χ4n) is 3.65.